The van der Waals surface area contributed by atoms with Crippen LogP contribution in [-0.4, -0.2) is 17.1 Å². The summed E-state index contributed by atoms with van der Waals surface area (Å²) in [6.45, 7) is 1.30. The first-order chi connectivity index (χ1) is 14.1. The van der Waals surface area contributed by atoms with Gasteiger partial charge in [0.2, 0.25) is 5.91 Å². The Bertz CT molecular complexity index is 999. The minimum Gasteiger partial charge on any atom is -0.493 e. The van der Waals surface area contributed by atoms with Crippen LogP contribution in [0.3, 0.4) is 0 Å². The number of aromatic nitrogens is 1. The number of amides is 1. The van der Waals surface area contributed by atoms with Gasteiger partial charge in [0.15, 0.2) is 0 Å². The molecule has 0 saturated heterocycles. The predicted molar refractivity (Wildman–Crippen MR) is 109 cm³/mol. The molecule has 29 heavy (non-hydrogen) atoms. The second-order valence-corrected chi connectivity index (χ2v) is 6.67. The van der Waals surface area contributed by atoms with Crippen LogP contribution in [0.2, 0.25) is 0 Å². The number of benzene rings is 2. The number of nitrogens with one attached hydrogen (secondary N) is 1. The van der Waals surface area contributed by atoms with Crippen LogP contribution >= 0.6 is 0 Å². The van der Waals surface area contributed by atoms with E-state index >= 15 is 0 Å². The minimum atomic E-state index is -0.345. The van der Waals surface area contributed by atoms with Crippen LogP contribution in [0.5, 0.6) is 5.75 Å². The van der Waals surface area contributed by atoms with E-state index in [2.05, 4.69) is 5.32 Å². The molecular formula is C23H23FN2O3. The summed E-state index contributed by atoms with van der Waals surface area (Å²) in [5.41, 5.74) is 1.96. The van der Waals surface area contributed by atoms with Gasteiger partial charge < -0.3 is 14.6 Å². The van der Waals surface area contributed by atoms with E-state index in [9.17, 15) is 14.0 Å². The van der Waals surface area contributed by atoms with Gasteiger partial charge in [-0.15, -0.1) is 0 Å². The number of rotatable bonds is 9. The van der Waals surface area contributed by atoms with Crippen LogP contribution in [0.4, 0.5) is 4.39 Å². The molecule has 1 heterocycles. The average molecular weight is 394 g/mol. The molecule has 1 aromatic heterocycles. The van der Waals surface area contributed by atoms with Crippen LogP contribution in [0.25, 0.3) is 0 Å². The van der Waals surface area contributed by atoms with Crippen molar-refractivity contribution in [3.63, 3.8) is 0 Å². The predicted octanol–water partition coefficient (Wildman–Crippen LogP) is 3.51. The number of ether oxygens (including phenoxy) is 1. The Morgan fingerprint density at radius 3 is 2.55 bits per heavy atom. The highest BCUT2D eigenvalue weighted by Gasteiger charge is 2.03. The Morgan fingerprint density at radius 2 is 1.79 bits per heavy atom. The molecule has 2 aromatic carbocycles. The molecule has 0 bridgehead atoms. The highest BCUT2D eigenvalue weighted by molar-refractivity contribution is 5.75. The van der Waals surface area contributed by atoms with Gasteiger partial charge in [0.25, 0.3) is 5.56 Å². The van der Waals surface area contributed by atoms with Crippen molar-refractivity contribution in [2.45, 2.75) is 25.9 Å². The molecule has 3 aromatic rings. The molecule has 6 heteroatoms. The van der Waals surface area contributed by atoms with Gasteiger partial charge in [-0.2, -0.15) is 0 Å². The van der Waals surface area contributed by atoms with Crippen LogP contribution in [0.1, 0.15) is 24.0 Å². The van der Waals surface area contributed by atoms with Gasteiger partial charge >= 0.3 is 0 Å². The van der Waals surface area contributed by atoms with Crippen molar-refractivity contribution >= 4 is 5.91 Å². The Labute approximate surface area is 168 Å². The molecule has 0 aliphatic heterocycles. The highest BCUT2D eigenvalue weighted by Crippen LogP contribution is 2.12. The Hall–Kier alpha value is -3.41. The summed E-state index contributed by atoms with van der Waals surface area (Å²) in [7, 11) is 0. The number of halogens is 1. The smallest absolute Gasteiger partial charge is 0.250 e. The number of hydrogen-bond acceptors (Lipinski definition) is 3. The molecule has 0 spiro atoms. The lowest BCUT2D eigenvalue weighted by Crippen LogP contribution is -2.23. The van der Waals surface area contributed by atoms with Crippen molar-refractivity contribution in [1.29, 1.82) is 0 Å². The van der Waals surface area contributed by atoms with E-state index in [-0.39, 0.29) is 17.3 Å². The average Bonchev–Trinajstić information content (AvgIpc) is 2.72. The standard InChI is InChI=1S/C23H23FN2O3/c24-20-5-3-6-21(15-20)29-14-4-7-22(27)25-16-18-9-11-19(12-10-18)17-26-13-2-1-8-23(26)28/h1-3,5-6,8-13,15H,4,7,14,16-17H2,(H,25,27). The normalized spacial score (nSPS) is 10.5. The summed E-state index contributed by atoms with van der Waals surface area (Å²) >= 11 is 0. The maximum Gasteiger partial charge on any atom is 0.250 e. The van der Waals surface area contributed by atoms with Crippen LogP contribution in [-0.2, 0) is 17.9 Å². The Kier molecular flexibility index (Phi) is 7.16. The molecule has 0 radical (unpaired) electrons. The molecule has 150 valence electrons. The fraction of sp³-hybridized carbons (Fsp3) is 0.217. The SMILES string of the molecule is O=C(CCCOc1cccc(F)c1)NCc1ccc(Cn2ccccc2=O)cc1. The van der Waals surface area contributed by atoms with Crippen molar-refractivity contribution in [2.24, 2.45) is 0 Å². The van der Waals surface area contributed by atoms with Crippen molar-refractivity contribution in [3.8, 4) is 5.75 Å². The van der Waals surface area contributed by atoms with Gasteiger partial charge in [-0.3, -0.25) is 9.59 Å². The lowest BCUT2D eigenvalue weighted by atomic mass is 10.1. The van der Waals surface area contributed by atoms with E-state index in [1.807, 2.05) is 30.3 Å². The summed E-state index contributed by atoms with van der Waals surface area (Å²) in [6, 6.07) is 18.8. The Morgan fingerprint density at radius 1 is 1.00 bits per heavy atom. The first-order valence-corrected chi connectivity index (χ1v) is 9.48. The molecular weight excluding hydrogens is 371 g/mol. The maximum absolute atomic E-state index is 13.1. The number of hydrogen-bond donors (Lipinski definition) is 1. The lowest BCUT2D eigenvalue weighted by molar-refractivity contribution is -0.121. The van der Waals surface area contributed by atoms with Crippen molar-refractivity contribution in [3.05, 3.63) is 100 Å². The van der Waals surface area contributed by atoms with Crippen LogP contribution in [0, 0.1) is 5.82 Å². The number of carbonyl (C=O) groups is 1. The molecule has 5 nitrogen and oxygen atoms in total. The topological polar surface area (TPSA) is 60.3 Å². The fourth-order valence-electron chi connectivity index (χ4n) is 2.82. The van der Waals surface area contributed by atoms with Crippen LogP contribution in [0.15, 0.2) is 77.7 Å². The van der Waals surface area contributed by atoms with E-state index in [1.165, 1.54) is 18.2 Å². The summed E-state index contributed by atoms with van der Waals surface area (Å²) in [5.74, 6) is 0.0538. The zero-order chi connectivity index (χ0) is 20.5. The van der Waals surface area contributed by atoms with E-state index in [0.717, 1.165) is 11.1 Å². The molecule has 0 aliphatic rings. The van der Waals surface area contributed by atoms with Gasteiger partial charge in [0, 0.05) is 31.3 Å². The zero-order valence-electron chi connectivity index (χ0n) is 16.0. The molecule has 1 amide bonds. The third-order valence-corrected chi connectivity index (χ3v) is 4.38. The number of nitrogens with zero attached hydrogens (tertiary/aromatic N) is 1. The van der Waals surface area contributed by atoms with E-state index in [1.54, 1.807) is 29.0 Å². The van der Waals surface area contributed by atoms with Crippen molar-refractivity contribution in [2.75, 3.05) is 6.61 Å². The molecule has 0 aliphatic carbocycles. The van der Waals surface area contributed by atoms with Gasteiger partial charge in [-0.05, 0) is 35.7 Å². The highest BCUT2D eigenvalue weighted by atomic mass is 19.1. The van der Waals surface area contributed by atoms with E-state index in [0.29, 0.717) is 38.3 Å². The summed E-state index contributed by atoms with van der Waals surface area (Å²) < 4.78 is 20.1. The minimum absolute atomic E-state index is 0.0368. The Balaban J connectivity index is 1.37. The fourth-order valence-corrected chi connectivity index (χ4v) is 2.82. The quantitative estimate of drug-likeness (QED) is 0.565. The zero-order valence-corrected chi connectivity index (χ0v) is 16.0. The molecule has 3 rings (SSSR count). The second-order valence-electron chi connectivity index (χ2n) is 6.67. The number of carbonyl (C=O) groups excluding carboxylic acids is 1. The lowest BCUT2D eigenvalue weighted by Gasteiger charge is -2.09. The summed E-state index contributed by atoms with van der Waals surface area (Å²) in [6.07, 6.45) is 2.64. The molecule has 0 unspecified atom stereocenters. The monoisotopic (exact) mass is 394 g/mol. The summed E-state index contributed by atoms with van der Waals surface area (Å²) in [5, 5.41) is 2.88. The molecule has 1 N–H and O–H groups in total. The number of pyridine rings is 1. The molecule has 0 saturated carbocycles. The van der Waals surface area contributed by atoms with Crippen LogP contribution < -0.4 is 15.6 Å². The van der Waals surface area contributed by atoms with Gasteiger partial charge in [-0.25, -0.2) is 4.39 Å². The van der Waals surface area contributed by atoms with Crippen molar-refractivity contribution < 1.29 is 13.9 Å². The molecule has 0 fully saturated rings. The van der Waals surface area contributed by atoms with E-state index in [4.69, 9.17) is 4.74 Å². The van der Waals surface area contributed by atoms with Gasteiger partial charge in [0.1, 0.15) is 11.6 Å². The van der Waals surface area contributed by atoms with Gasteiger partial charge in [-0.1, -0.05) is 36.4 Å². The third-order valence-electron chi connectivity index (χ3n) is 4.38. The van der Waals surface area contributed by atoms with Gasteiger partial charge in [0.05, 0.1) is 13.2 Å². The van der Waals surface area contributed by atoms with Crippen molar-refractivity contribution in [1.82, 2.24) is 9.88 Å². The first-order valence-electron chi connectivity index (χ1n) is 9.48. The largest absolute Gasteiger partial charge is 0.493 e. The van der Waals surface area contributed by atoms with E-state index < -0.39 is 0 Å². The maximum atomic E-state index is 13.1. The summed E-state index contributed by atoms with van der Waals surface area (Å²) in [4.78, 5) is 23.7. The second kappa shape index (κ2) is 10.2. The first kappa shape index (κ1) is 20.3. The molecule has 0 atom stereocenters. The third kappa shape index (κ3) is 6.60.